The molecule has 2 aromatic carbocycles. The second-order valence-corrected chi connectivity index (χ2v) is 7.36. The highest BCUT2D eigenvalue weighted by molar-refractivity contribution is 8.00. The number of aryl methyl sites for hydroxylation is 1. The van der Waals surface area contributed by atoms with E-state index in [0.29, 0.717) is 0 Å². The molecule has 8 nitrogen and oxygen atoms in total. The van der Waals surface area contributed by atoms with Crippen LogP contribution in [-0.2, 0) is 4.79 Å². The van der Waals surface area contributed by atoms with E-state index in [1.807, 2.05) is 48.0 Å². The summed E-state index contributed by atoms with van der Waals surface area (Å²) in [4.78, 5) is 22.9. The van der Waals surface area contributed by atoms with Gasteiger partial charge in [-0.05, 0) is 49.4 Å². The first-order chi connectivity index (χ1) is 14.5. The average Bonchev–Trinajstić information content (AvgIpc) is 3.13. The Morgan fingerprint density at radius 1 is 1.23 bits per heavy atom. The number of nitro benzene ring substituents is 1. The number of amides is 1. The number of benzene rings is 2. The number of non-ortho nitro benzene ring substituents is 1. The largest absolute Gasteiger partial charge is 0.497 e. The summed E-state index contributed by atoms with van der Waals surface area (Å²) in [6.45, 7) is 1.99. The average molecular weight is 424 g/mol. The van der Waals surface area contributed by atoms with Crippen molar-refractivity contribution in [1.82, 2.24) is 9.99 Å². The van der Waals surface area contributed by atoms with E-state index < -0.39 is 4.92 Å². The minimum Gasteiger partial charge on any atom is -0.497 e. The number of thioether (sulfide) groups is 1. The van der Waals surface area contributed by atoms with E-state index in [4.69, 9.17) is 4.74 Å². The smallest absolute Gasteiger partial charge is 0.269 e. The summed E-state index contributed by atoms with van der Waals surface area (Å²) >= 11 is 1.28. The summed E-state index contributed by atoms with van der Waals surface area (Å²) < 4.78 is 7.20. The molecule has 0 fully saturated rings. The number of hydrogen-bond acceptors (Lipinski definition) is 6. The second kappa shape index (κ2) is 9.75. The van der Waals surface area contributed by atoms with Crippen molar-refractivity contribution >= 4 is 29.6 Å². The van der Waals surface area contributed by atoms with Crippen molar-refractivity contribution in [2.24, 2.45) is 5.10 Å². The number of nitrogens with zero attached hydrogens (tertiary/aromatic N) is 3. The van der Waals surface area contributed by atoms with E-state index in [-0.39, 0.29) is 17.3 Å². The van der Waals surface area contributed by atoms with E-state index in [0.717, 1.165) is 27.6 Å². The lowest BCUT2D eigenvalue weighted by Crippen LogP contribution is -2.19. The molecule has 0 unspecified atom stereocenters. The van der Waals surface area contributed by atoms with Gasteiger partial charge >= 0.3 is 0 Å². The summed E-state index contributed by atoms with van der Waals surface area (Å²) in [6, 6.07) is 15.7. The zero-order valence-corrected chi connectivity index (χ0v) is 17.3. The third kappa shape index (κ3) is 5.48. The maximum Gasteiger partial charge on any atom is 0.269 e. The molecular formula is C21H20N4O4S. The van der Waals surface area contributed by atoms with E-state index in [2.05, 4.69) is 10.5 Å². The van der Waals surface area contributed by atoms with Crippen LogP contribution in [0.25, 0.3) is 5.69 Å². The summed E-state index contributed by atoms with van der Waals surface area (Å²) in [5, 5.41) is 14.7. The van der Waals surface area contributed by atoms with E-state index >= 15 is 0 Å². The molecule has 1 aromatic heterocycles. The summed E-state index contributed by atoms with van der Waals surface area (Å²) in [7, 11) is 1.63. The highest BCUT2D eigenvalue weighted by atomic mass is 32.2. The number of carbonyl (C=O) groups excluding carboxylic acids is 1. The lowest BCUT2D eigenvalue weighted by molar-refractivity contribution is -0.384. The number of aromatic nitrogens is 1. The summed E-state index contributed by atoms with van der Waals surface area (Å²) in [5.41, 5.74) is 5.39. The molecule has 1 amide bonds. The van der Waals surface area contributed by atoms with E-state index in [1.54, 1.807) is 25.5 Å². The van der Waals surface area contributed by atoms with Gasteiger partial charge in [0.05, 0.1) is 24.0 Å². The van der Waals surface area contributed by atoms with Crippen molar-refractivity contribution < 1.29 is 14.5 Å². The highest BCUT2D eigenvalue weighted by Gasteiger charge is 2.07. The van der Waals surface area contributed by atoms with Gasteiger partial charge in [0.25, 0.3) is 5.69 Å². The molecule has 30 heavy (non-hydrogen) atoms. The van der Waals surface area contributed by atoms with Gasteiger partial charge < -0.3 is 9.30 Å². The second-order valence-electron chi connectivity index (χ2n) is 6.32. The molecule has 0 saturated heterocycles. The number of nitro groups is 1. The van der Waals surface area contributed by atoms with Crippen LogP contribution in [0.15, 0.2) is 70.8 Å². The molecule has 0 bridgehead atoms. The van der Waals surface area contributed by atoms with E-state index in [9.17, 15) is 14.9 Å². The van der Waals surface area contributed by atoms with Gasteiger partial charge in [-0.3, -0.25) is 14.9 Å². The van der Waals surface area contributed by atoms with Gasteiger partial charge in [-0.25, -0.2) is 5.43 Å². The normalized spacial score (nSPS) is 10.9. The number of hydrazone groups is 1. The molecule has 3 aromatic rings. The Morgan fingerprint density at radius 3 is 2.57 bits per heavy atom. The number of methoxy groups -OCH3 is 1. The van der Waals surface area contributed by atoms with Gasteiger partial charge in [-0.15, -0.1) is 11.8 Å². The Kier molecular flexibility index (Phi) is 6.87. The lowest BCUT2D eigenvalue weighted by Gasteiger charge is -2.06. The Morgan fingerprint density at radius 2 is 1.93 bits per heavy atom. The molecule has 154 valence electrons. The standard InChI is InChI=1S/C21H20N4O4S/c1-15-11-16(13-24(15)17-3-7-19(29-2)8-4-17)12-22-23-21(26)14-30-20-9-5-18(6-10-20)25(27)28/h3-13H,14H2,1-2H3,(H,23,26)/b22-12-. The van der Waals surface area contributed by atoms with Crippen LogP contribution in [0.5, 0.6) is 5.75 Å². The predicted molar refractivity (Wildman–Crippen MR) is 117 cm³/mol. The Balaban J connectivity index is 1.53. The van der Waals surface area contributed by atoms with Crippen LogP contribution in [0.3, 0.4) is 0 Å². The zero-order valence-electron chi connectivity index (χ0n) is 16.4. The van der Waals surface area contributed by atoms with Crippen molar-refractivity contribution in [3.63, 3.8) is 0 Å². The molecule has 0 aliphatic heterocycles. The predicted octanol–water partition coefficient (Wildman–Crippen LogP) is 3.94. The number of rotatable bonds is 8. The third-order valence-electron chi connectivity index (χ3n) is 4.20. The first kappa shape index (κ1) is 21.1. The molecule has 1 heterocycles. The van der Waals surface area contributed by atoms with Crippen molar-refractivity contribution in [3.8, 4) is 11.4 Å². The molecule has 0 radical (unpaired) electrons. The number of nitrogens with one attached hydrogen (secondary N) is 1. The van der Waals surface area contributed by atoms with Crippen LogP contribution >= 0.6 is 11.8 Å². The van der Waals surface area contributed by atoms with Gasteiger partial charge in [0, 0.05) is 40.2 Å². The van der Waals surface area contributed by atoms with Gasteiger partial charge in [0.2, 0.25) is 5.91 Å². The van der Waals surface area contributed by atoms with Gasteiger partial charge in [0.15, 0.2) is 0 Å². The monoisotopic (exact) mass is 424 g/mol. The van der Waals surface area contributed by atoms with Gasteiger partial charge in [-0.1, -0.05) is 0 Å². The van der Waals surface area contributed by atoms with Crippen LogP contribution in [-0.4, -0.2) is 34.5 Å². The fourth-order valence-corrected chi connectivity index (χ4v) is 3.41. The van der Waals surface area contributed by atoms with Crippen molar-refractivity contribution in [2.75, 3.05) is 12.9 Å². The van der Waals surface area contributed by atoms with Crippen molar-refractivity contribution in [1.29, 1.82) is 0 Å². The quantitative estimate of drug-likeness (QED) is 0.256. The number of carbonyl (C=O) groups is 1. The first-order valence-electron chi connectivity index (χ1n) is 8.99. The molecule has 0 atom stereocenters. The molecule has 0 aliphatic rings. The first-order valence-corrected chi connectivity index (χ1v) is 9.97. The van der Waals surface area contributed by atoms with Crippen LogP contribution in [0.4, 0.5) is 5.69 Å². The minimum absolute atomic E-state index is 0.0188. The van der Waals surface area contributed by atoms with E-state index in [1.165, 1.54) is 23.9 Å². The van der Waals surface area contributed by atoms with Crippen LogP contribution in [0, 0.1) is 17.0 Å². The Hall–Kier alpha value is -3.59. The lowest BCUT2D eigenvalue weighted by atomic mass is 10.3. The van der Waals surface area contributed by atoms with Crippen LogP contribution < -0.4 is 10.2 Å². The summed E-state index contributed by atoms with van der Waals surface area (Å²) in [6.07, 6.45) is 3.51. The molecule has 1 N–H and O–H groups in total. The van der Waals surface area contributed by atoms with Gasteiger partial charge in [-0.2, -0.15) is 5.10 Å². The molecule has 9 heteroatoms. The molecule has 0 aliphatic carbocycles. The maximum atomic E-state index is 12.0. The summed E-state index contributed by atoms with van der Waals surface area (Å²) in [5.74, 6) is 0.682. The SMILES string of the molecule is COc1ccc(-n2cc(/C=N\NC(=O)CSc3ccc([N+](=O)[O-])cc3)cc2C)cc1. The topological polar surface area (TPSA) is 98.8 Å². The van der Waals surface area contributed by atoms with Gasteiger partial charge in [0.1, 0.15) is 5.75 Å². The fraction of sp³-hybridized carbons (Fsp3) is 0.143. The third-order valence-corrected chi connectivity index (χ3v) is 5.22. The van der Waals surface area contributed by atoms with Crippen molar-refractivity contribution in [2.45, 2.75) is 11.8 Å². The number of hydrogen-bond donors (Lipinski definition) is 1. The molecule has 0 spiro atoms. The molecule has 3 rings (SSSR count). The minimum atomic E-state index is -0.459. The fourth-order valence-electron chi connectivity index (χ4n) is 2.71. The van der Waals surface area contributed by atoms with Crippen molar-refractivity contribution in [3.05, 3.63) is 82.2 Å². The molecular weight excluding hydrogens is 404 g/mol. The van der Waals surface area contributed by atoms with Crippen LogP contribution in [0.1, 0.15) is 11.3 Å². The van der Waals surface area contributed by atoms with Crippen LogP contribution in [0.2, 0.25) is 0 Å². The Bertz CT molecular complexity index is 1060. The number of ether oxygens (including phenoxy) is 1. The zero-order chi connectivity index (χ0) is 21.5. The Labute approximate surface area is 177 Å². The highest BCUT2D eigenvalue weighted by Crippen LogP contribution is 2.21. The molecule has 0 saturated carbocycles. The maximum absolute atomic E-state index is 12.0.